The van der Waals surface area contributed by atoms with E-state index in [4.69, 9.17) is 4.74 Å². The summed E-state index contributed by atoms with van der Waals surface area (Å²) in [7, 11) is 1.69. The maximum atomic E-state index is 12.4. The van der Waals surface area contributed by atoms with Crippen LogP contribution in [-0.2, 0) is 4.79 Å². The molecule has 5 nitrogen and oxygen atoms in total. The molecule has 1 atom stereocenters. The van der Waals surface area contributed by atoms with Crippen molar-refractivity contribution in [2.24, 2.45) is 5.92 Å². The van der Waals surface area contributed by atoms with Crippen molar-refractivity contribution >= 4 is 36.4 Å². The summed E-state index contributed by atoms with van der Waals surface area (Å²) in [4.78, 5) is 16.7. The predicted molar refractivity (Wildman–Crippen MR) is 106 cm³/mol. The number of nitrogens with zero attached hydrogens (tertiary/aromatic N) is 2. The van der Waals surface area contributed by atoms with Crippen LogP contribution < -0.4 is 15.0 Å². The first kappa shape index (κ1) is 21.9. The highest BCUT2D eigenvalue weighted by molar-refractivity contribution is 5.85. The predicted octanol–water partition coefficient (Wildman–Crippen LogP) is 2.58. The van der Waals surface area contributed by atoms with Gasteiger partial charge in [-0.25, -0.2) is 0 Å². The van der Waals surface area contributed by atoms with Crippen molar-refractivity contribution in [3.8, 4) is 5.75 Å². The fourth-order valence-corrected chi connectivity index (χ4v) is 3.47. The van der Waals surface area contributed by atoms with E-state index in [-0.39, 0.29) is 24.8 Å². The van der Waals surface area contributed by atoms with Crippen LogP contribution >= 0.6 is 24.8 Å². The Morgan fingerprint density at radius 3 is 2.64 bits per heavy atom. The van der Waals surface area contributed by atoms with Gasteiger partial charge in [-0.15, -0.1) is 24.8 Å². The average molecular weight is 390 g/mol. The molecule has 3 rings (SSSR count). The summed E-state index contributed by atoms with van der Waals surface area (Å²) in [6, 6.07) is 8.14. The SMILES string of the molecule is COc1cccc(N2CCN(C(=O)CCC3CCNC3)CC2)c1.Cl.Cl. The van der Waals surface area contributed by atoms with Crippen LogP contribution in [0.15, 0.2) is 24.3 Å². The molecular weight excluding hydrogens is 361 g/mol. The van der Waals surface area contributed by atoms with E-state index < -0.39 is 0 Å². The number of benzene rings is 1. The van der Waals surface area contributed by atoms with Crippen LogP contribution in [0.3, 0.4) is 0 Å². The minimum atomic E-state index is 0. The van der Waals surface area contributed by atoms with Gasteiger partial charge < -0.3 is 19.9 Å². The number of hydrogen-bond donors (Lipinski definition) is 1. The Hall–Kier alpha value is -1.17. The van der Waals surface area contributed by atoms with Gasteiger partial charge in [0.1, 0.15) is 5.75 Å². The van der Waals surface area contributed by atoms with Crippen LogP contribution in [0.5, 0.6) is 5.75 Å². The number of nitrogens with one attached hydrogen (secondary N) is 1. The third-order valence-corrected chi connectivity index (χ3v) is 4.98. The quantitative estimate of drug-likeness (QED) is 0.840. The minimum absolute atomic E-state index is 0. The number of ether oxygens (including phenoxy) is 1. The summed E-state index contributed by atoms with van der Waals surface area (Å²) < 4.78 is 5.29. The van der Waals surface area contributed by atoms with Crippen LogP contribution in [0.1, 0.15) is 19.3 Å². The van der Waals surface area contributed by atoms with Crippen LogP contribution in [0, 0.1) is 5.92 Å². The second-order valence-electron chi connectivity index (χ2n) is 6.47. The molecule has 1 amide bonds. The van der Waals surface area contributed by atoms with Crippen molar-refractivity contribution in [2.75, 3.05) is 51.3 Å². The molecule has 1 unspecified atom stereocenters. The van der Waals surface area contributed by atoms with E-state index in [0.717, 1.165) is 51.4 Å². The molecule has 7 heteroatoms. The Bertz CT molecular complexity index is 531. The van der Waals surface area contributed by atoms with Crippen LogP contribution in [0.25, 0.3) is 0 Å². The molecule has 2 aliphatic heterocycles. The maximum Gasteiger partial charge on any atom is 0.222 e. The summed E-state index contributed by atoms with van der Waals surface area (Å²) in [5.41, 5.74) is 1.17. The first-order chi connectivity index (χ1) is 11.3. The molecule has 1 aromatic carbocycles. The van der Waals surface area contributed by atoms with E-state index in [1.54, 1.807) is 7.11 Å². The molecule has 0 radical (unpaired) electrons. The zero-order valence-corrected chi connectivity index (χ0v) is 16.4. The third kappa shape index (κ3) is 5.94. The molecule has 0 spiro atoms. The molecule has 2 heterocycles. The van der Waals surface area contributed by atoms with Gasteiger partial charge in [0.2, 0.25) is 5.91 Å². The number of rotatable bonds is 5. The second-order valence-corrected chi connectivity index (χ2v) is 6.47. The standard InChI is InChI=1S/C18H27N3O2.2ClH/c1-23-17-4-2-3-16(13-17)20-9-11-21(12-10-20)18(22)6-5-15-7-8-19-14-15;;/h2-4,13,15,19H,5-12,14H2,1H3;2*1H. The number of carbonyl (C=O) groups excluding carboxylic acids is 1. The van der Waals surface area contributed by atoms with Gasteiger partial charge in [0, 0.05) is 44.4 Å². The third-order valence-electron chi connectivity index (χ3n) is 4.98. The molecule has 1 aromatic rings. The molecular formula is C18H29Cl2N3O2. The number of hydrogen-bond acceptors (Lipinski definition) is 4. The summed E-state index contributed by atoms with van der Waals surface area (Å²) in [5.74, 6) is 1.89. The topological polar surface area (TPSA) is 44.8 Å². The minimum Gasteiger partial charge on any atom is -0.497 e. The van der Waals surface area contributed by atoms with E-state index >= 15 is 0 Å². The molecule has 0 saturated carbocycles. The van der Waals surface area contributed by atoms with Crippen LogP contribution in [0.4, 0.5) is 5.69 Å². The summed E-state index contributed by atoms with van der Waals surface area (Å²) in [5, 5.41) is 3.37. The molecule has 142 valence electrons. The molecule has 0 aromatic heterocycles. The van der Waals surface area contributed by atoms with E-state index in [9.17, 15) is 4.79 Å². The Morgan fingerprint density at radius 2 is 2.00 bits per heavy atom. The first-order valence-electron chi connectivity index (χ1n) is 8.64. The van der Waals surface area contributed by atoms with Gasteiger partial charge in [-0.1, -0.05) is 6.07 Å². The van der Waals surface area contributed by atoms with Crippen molar-refractivity contribution < 1.29 is 9.53 Å². The zero-order chi connectivity index (χ0) is 16.1. The van der Waals surface area contributed by atoms with Gasteiger partial charge >= 0.3 is 0 Å². The van der Waals surface area contributed by atoms with Gasteiger partial charge in [0.15, 0.2) is 0 Å². The molecule has 0 aliphatic carbocycles. The summed E-state index contributed by atoms with van der Waals surface area (Å²) in [6.45, 7) is 5.61. The monoisotopic (exact) mass is 389 g/mol. The number of piperazine rings is 1. The van der Waals surface area contributed by atoms with Crippen LogP contribution in [-0.4, -0.2) is 57.2 Å². The highest BCUT2D eigenvalue weighted by atomic mass is 35.5. The second kappa shape index (κ2) is 10.7. The largest absolute Gasteiger partial charge is 0.497 e. The Labute approximate surface area is 162 Å². The van der Waals surface area contributed by atoms with Crippen LogP contribution in [0.2, 0.25) is 0 Å². The number of amides is 1. The van der Waals surface area contributed by atoms with Gasteiger partial charge in [-0.2, -0.15) is 0 Å². The Morgan fingerprint density at radius 1 is 1.24 bits per heavy atom. The molecule has 1 N–H and O–H groups in total. The van der Waals surface area contributed by atoms with Gasteiger partial charge in [-0.05, 0) is 44.0 Å². The van der Waals surface area contributed by atoms with Crippen molar-refractivity contribution in [1.29, 1.82) is 0 Å². The molecule has 2 fully saturated rings. The van der Waals surface area contributed by atoms with E-state index in [2.05, 4.69) is 22.3 Å². The first-order valence-corrected chi connectivity index (χ1v) is 8.64. The summed E-state index contributed by atoms with van der Waals surface area (Å²) >= 11 is 0. The molecule has 2 aliphatic rings. The van der Waals surface area contributed by atoms with Gasteiger partial charge in [-0.3, -0.25) is 4.79 Å². The average Bonchev–Trinajstić information content (AvgIpc) is 3.13. The number of carbonyl (C=O) groups is 1. The lowest BCUT2D eigenvalue weighted by Gasteiger charge is -2.36. The molecule has 0 bridgehead atoms. The van der Waals surface area contributed by atoms with E-state index in [1.807, 2.05) is 17.0 Å². The van der Waals surface area contributed by atoms with E-state index in [0.29, 0.717) is 18.2 Å². The normalized spacial score (nSPS) is 19.8. The van der Waals surface area contributed by atoms with Crippen molar-refractivity contribution in [1.82, 2.24) is 10.2 Å². The lowest BCUT2D eigenvalue weighted by atomic mass is 10.0. The smallest absolute Gasteiger partial charge is 0.222 e. The molecule has 2 saturated heterocycles. The fourth-order valence-electron chi connectivity index (χ4n) is 3.47. The zero-order valence-electron chi connectivity index (χ0n) is 14.8. The van der Waals surface area contributed by atoms with Gasteiger partial charge in [0.05, 0.1) is 7.11 Å². The van der Waals surface area contributed by atoms with Gasteiger partial charge in [0.25, 0.3) is 0 Å². The van der Waals surface area contributed by atoms with E-state index in [1.165, 1.54) is 12.1 Å². The highest BCUT2D eigenvalue weighted by Gasteiger charge is 2.23. The highest BCUT2D eigenvalue weighted by Crippen LogP contribution is 2.22. The Balaban J connectivity index is 0.00000156. The number of anilines is 1. The Kier molecular flexibility index (Phi) is 9.39. The lowest BCUT2D eigenvalue weighted by Crippen LogP contribution is -2.48. The molecule has 25 heavy (non-hydrogen) atoms. The summed E-state index contributed by atoms with van der Waals surface area (Å²) in [6.07, 6.45) is 2.95. The number of methoxy groups -OCH3 is 1. The van der Waals surface area contributed by atoms with Crippen molar-refractivity contribution in [3.63, 3.8) is 0 Å². The number of halogens is 2. The maximum absolute atomic E-state index is 12.4. The van der Waals surface area contributed by atoms with Crippen molar-refractivity contribution in [2.45, 2.75) is 19.3 Å². The fraction of sp³-hybridized carbons (Fsp3) is 0.611. The van der Waals surface area contributed by atoms with Crippen molar-refractivity contribution in [3.05, 3.63) is 24.3 Å². The lowest BCUT2D eigenvalue weighted by molar-refractivity contribution is -0.131.